The van der Waals surface area contributed by atoms with Gasteiger partial charge >= 0.3 is 0 Å². The number of amides is 1. The molecule has 142 valence electrons. The molecule has 0 radical (unpaired) electrons. The zero-order valence-corrected chi connectivity index (χ0v) is 16.8. The van der Waals surface area contributed by atoms with Crippen LogP contribution in [0.1, 0.15) is 36.0 Å². The summed E-state index contributed by atoms with van der Waals surface area (Å²) in [4.78, 5) is 15.3. The number of nitrogens with one attached hydrogen (secondary N) is 1. The van der Waals surface area contributed by atoms with Crippen LogP contribution in [0, 0.1) is 13.8 Å². The molecule has 1 fully saturated rings. The first kappa shape index (κ1) is 19.4. The predicted octanol–water partition coefficient (Wildman–Crippen LogP) is 4.48. The molecule has 1 amide bonds. The molecule has 1 saturated heterocycles. The smallest absolute Gasteiger partial charge is 0.262 e. The Morgan fingerprint density at radius 3 is 2.44 bits per heavy atom. The standard InChI is InChI=1S/C22H26N2O2S/c1-16-6-11-20(17(2)14-16)23-21(25)15-26-19-9-7-18(8-10-19)22(27)24-12-4-3-5-13-24/h6-11,14H,3-5,12-13,15H2,1-2H3,(H,23,25). The van der Waals surface area contributed by atoms with E-state index in [1.165, 1.54) is 24.8 Å². The zero-order valence-electron chi connectivity index (χ0n) is 16.0. The molecular formula is C22H26N2O2S. The van der Waals surface area contributed by atoms with E-state index in [0.717, 1.165) is 34.9 Å². The largest absolute Gasteiger partial charge is 0.484 e. The number of piperidine rings is 1. The molecule has 0 aromatic heterocycles. The van der Waals surface area contributed by atoms with Crippen LogP contribution in [0.3, 0.4) is 0 Å². The molecule has 1 N–H and O–H groups in total. The van der Waals surface area contributed by atoms with Gasteiger partial charge in [-0.05, 0) is 69.0 Å². The Morgan fingerprint density at radius 1 is 1.07 bits per heavy atom. The summed E-state index contributed by atoms with van der Waals surface area (Å²) in [7, 11) is 0. The monoisotopic (exact) mass is 382 g/mol. The maximum absolute atomic E-state index is 12.1. The molecule has 1 heterocycles. The number of nitrogens with zero attached hydrogens (tertiary/aromatic N) is 1. The van der Waals surface area contributed by atoms with Gasteiger partial charge in [-0.15, -0.1) is 0 Å². The van der Waals surface area contributed by atoms with Crippen molar-refractivity contribution >= 4 is 28.8 Å². The van der Waals surface area contributed by atoms with E-state index in [-0.39, 0.29) is 12.5 Å². The number of anilines is 1. The zero-order chi connectivity index (χ0) is 19.2. The number of carbonyl (C=O) groups excluding carboxylic acids is 1. The van der Waals surface area contributed by atoms with Crippen LogP contribution in [0.2, 0.25) is 0 Å². The second-order valence-corrected chi connectivity index (χ2v) is 7.42. The van der Waals surface area contributed by atoms with Crippen LogP contribution in [0.4, 0.5) is 5.69 Å². The van der Waals surface area contributed by atoms with Gasteiger partial charge in [0.05, 0.1) is 0 Å². The van der Waals surface area contributed by atoms with Gasteiger partial charge in [0.2, 0.25) is 0 Å². The lowest BCUT2D eigenvalue weighted by Crippen LogP contribution is -2.34. The molecule has 0 saturated carbocycles. The third-order valence-electron chi connectivity index (χ3n) is 4.77. The van der Waals surface area contributed by atoms with Crippen molar-refractivity contribution in [1.82, 2.24) is 4.90 Å². The van der Waals surface area contributed by atoms with Crippen molar-refractivity contribution in [2.24, 2.45) is 0 Å². The SMILES string of the molecule is Cc1ccc(NC(=O)COc2ccc(C(=S)N3CCCCC3)cc2)c(C)c1. The minimum absolute atomic E-state index is 0.0246. The van der Waals surface area contributed by atoms with Crippen molar-refractivity contribution in [2.45, 2.75) is 33.1 Å². The molecule has 3 rings (SSSR count). The van der Waals surface area contributed by atoms with Gasteiger partial charge in [0.1, 0.15) is 10.7 Å². The molecule has 4 nitrogen and oxygen atoms in total. The highest BCUT2D eigenvalue weighted by molar-refractivity contribution is 7.80. The van der Waals surface area contributed by atoms with Crippen molar-refractivity contribution in [3.05, 3.63) is 59.2 Å². The van der Waals surface area contributed by atoms with E-state index in [2.05, 4.69) is 10.2 Å². The van der Waals surface area contributed by atoms with Gasteiger partial charge in [-0.3, -0.25) is 4.79 Å². The third-order valence-corrected chi connectivity index (χ3v) is 5.26. The minimum Gasteiger partial charge on any atom is -0.484 e. The normalized spacial score (nSPS) is 13.9. The van der Waals surface area contributed by atoms with E-state index in [4.69, 9.17) is 17.0 Å². The molecule has 0 spiro atoms. The number of aryl methyl sites for hydroxylation is 2. The summed E-state index contributed by atoms with van der Waals surface area (Å²) in [6.45, 7) is 6.06. The van der Waals surface area contributed by atoms with E-state index >= 15 is 0 Å². The summed E-state index contributed by atoms with van der Waals surface area (Å²) >= 11 is 5.61. The third kappa shape index (κ3) is 5.30. The Kier molecular flexibility index (Phi) is 6.45. The number of likely N-dealkylation sites (tertiary alicyclic amines) is 1. The maximum Gasteiger partial charge on any atom is 0.262 e. The van der Waals surface area contributed by atoms with Crippen molar-refractivity contribution in [3.63, 3.8) is 0 Å². The quantitative estimate of drug-likeness (QED) is 0.774. The van der Waals surface area contributed by atoms with Gasteiger partial charge < -0.3 is 15.0 Å². The lowest BCUT2D eigenvalue weighted by molar-refractivity contribution is -0.118. The van der Waals surface area contributed by atoms with Crippen molar-refractivity contribution in [3.8, 4) is 5.75 Å². The molecule has 0 unspecified atom stereocenters. The fraction of sp³-hybridized carbons (Fsp3) is 0.364. The van der Waals surface area contributed by atoms with Crippen LogP contribution in [-0.2, 0) is 4.79 Å². The Balaban J connectivity index is 1.52. The van der Waals surface area contributed by atoms with Crippen LogP contribution < -0.4 is 10.1 Å². The Hall–Kier alpha value is -2.40. The van der Waals surface area contributed by atoms with Crippen LogP contribution >= 0.6 is 12.2 Å². The van der Waals surface area contributed by atoms with Crippen LogP contribution in [0.15, 0.2) is 42.5 Å². The van der Waals surface area contributed by atoms with Crippen LogP contribution in [0.5, 0.6) is 5.75 Å². The molecule has 1 aliphatic rings. The minimum atomic E-state index is -0.171. The van der Waals surface area contributed by atoms with Crippen LogP contribution in [-0.4, -0.2) is 35.5 Å². The first-order valence-electron chi connectivity index (χ1n) is 9.42. The van der Waals surface area contributed by atoms with E-state index in [0.29, 0.717) is 5.75 Å². The average molecular weight is 383 g/mol. The number of ether oxygens (including phenoxy) is 1. The van der Waals surface area contributed by atoms with Crippen LogP contribution in [0.25, 0.3) is 0 Å². The Morgan fingerprint density at radius 2 is 1.78 bits per heavy atom. The van der Waals surface area contributed by atoms with Crippen molar-refractivity contribution in [1.29, 1.82) is 0 Å². The van der Waals surface area contributed by atoms with E-state index in [1.807, 2.05) is 56.3 Å². The second-order valence-electron chi connectivity index (χ2n) is 7.03. The predicted molar refractivity (Wildman–Crippen MR) is 114 cm³/mol. The van der Waals surface area contributed by atoms with Gasteiger partial charge in [-0.25, -0.2) is 0 Å². The fourth-order valence-electron chi connectivity index (χ4n) is 3.26. The molecule has 2 aromatic carbocycles. The van der Waals surface area contributed by atoms with Gasteiger partial charge in [0.15, 0.2) is 6.61 Å². The highest BCUT2D eigenvalue weighted by Crippen LogP contribution is 2.18. The average Bonchev–Trinajstić information content (AvgIpc) is 2.69. The summed E-state index contributed by atoms with van der Waals surface area (Å²) < 4.78 is 5.61. The van der Waals surface area contributed by atoms with E-state index < -0.39 is 0 Å². The van der Waals surface area contributed by atoms with E-state index in [1.54, 1.807) is 0 Å². The topological polar surface area (TPSA) is 41.6 Å². The summed E-state index contributed by atoms with van der Waals surface area (Å²) in [6.07, 6.45) is 3.70. The highest BCUT2D eigenvalue weighted by Gasteiger charge is 2.15. The lowest BCUT2D eigenvalue weighted by atomic mass is 10.1. The molecule has 2 aromatic rings. The maximum atomic E-state index is 12.1. The second kappa shape index (κ2) is 9.00. The number of carbonyl (C=O) groups is 1. The Labute approximate surface area is 166 Å². The number of hydrogen-bond acceptors (Lipinski definition) is 3. The summed E-state index contributed by atoms with van der Waals surface area (Å²) in [5.41, 5.74) is 4.05. The summed E-state index contributed by atoms with van der Waals surface area (Å²) in [5.74, 6) is 0.492. The van der Waals surface area contributed by atoms with Gasteiger partial charge in [-0.1, -0.05) is 29.9 Å². The molecule has 0 aliphatic carbocycles. The lowest BCUT2D eigenvalue weighted by Gasteiger charge is -2.29. The number of hydrogen-bond donors (Lipinski definition) is 1. The number of benzene rings is 2. The summed E-state index contributed by atoms with van der Waals surface area (Å²) in [6, 6.07) is 13.6. The van der Waals surface area contributed by atoms with Crippen molar-refractivity contribution in [2.75, 3.05) is 25.0 Å². The molecular weight excluding hydrogens is 356 g/mol. The van der Waals surface area contributed by atoms with Gasteiger partial charge in [0, 0.05) is 24.3 Å². The molecule has 27 heavy (non-hydrogen) atoms. The Bertz CT molecular complexity index is 812. The van der Waals surface area contributed by atoms with Gasteiger partial charge in [0.25, 0.3) is 5.91 Å². The number of rotatable bonds is 5. The van der Waals surface area contributed by atoms with Gasteiger partial charge in [-0.2, -0.15) is 0 Å². The molecule has 1 aliphatic heterocycles. The highest BCUT2D eigenvalue weighted by atomic mass is 32.1. The molecule has 5 heteroatoms. The molecule has 0 atom stereocenters. The first-order chi connectivity index (χ1) is 13.0. The first-order valence-corrected chi connectivity index (χ1v) is 9.83. The molecule has 0 bridgehead atoms. The number of thiocarbonyl (C=S) groups is 1. The van der Waals surface area contributed by atoms with Crippen molar-refractivity contribution < 1.29 is 9.53 Å². The van der Waals surface area contributed by atoms with E-state index in [9.17, 15) is 4.79 Å². The summed E-state index contributed by atoms with van der Waals surface area (Å²) in [5, 5.41) is 2.89. The fourth-order valence-corrected chi connectivity index (χ4v) is 3.58.